The van der Waals surface area contributed by atoms with Gasteiger partial charge in [-0.3, -0.25) is 14.2 Å². The second-order valence-corrected chi connectivity index (χ2v) is 9.80. The molecule has 0 saturated heterocycles. The highest BCUT2D eigenvalue weighted by molar-refractivity contribution is 6.33. The van der Waals surface area contributed by atoms with Crippen LogP contribution in [0.5, 0.6) is 5.75 Å². The first-order chi connectivity index (χ1) is 17.8. The molecule has 1 heterocycles. The van der Waals surface area contributed by atoms with Crippen LogP contribution in [0.3, 0.4) is 0 Å². The van der Waals surface area contributed by atoms with Crippen molar-refractivity contribution in [1.82, 2.24) is 14.5 Å². The molecule has 0 radical (unpaired) electrons. The lowest BCUT2D eigenvalue weighted by Gasteiger charge is -2.31. The minimum absolute atomic E-state index is 0.189. The summed E-state index contributed by atoms with van der Waals surface area (Å²) in [6, 6.07) is 21.2. The van der Waals surface area contributed by atoms with Gasteiger partial charge in [-0.25, -0.2) is 4.98 Å². The quantitative estimate of drug-likeness (QED) is 0.248. The lowest BCUT2D eigenvalue weighted by molar-refractivity contribution is 0.0671. The summed E-state index contributed by atoms with van der Waals surface area (Å²) in [7, 11) is 0. The van der Waals surface area contributed by atoms with E-state index in [1.165, 1.54) is 0 Å². The summed E-state index contributed by atoms with van der Waals surface area (Å²) in [6.45, 7) is 9.12. The summed E-state index contributed by atoms with van der Waals surface area (Å²) in [5.74, 6) is 1.39. The van der Waals surface area contributed by atoms with Crippen molar-refractivity contribution in [2.45, 2.75) is 40.2 Å². The highest BCUT2D eigenvalue weighted by Crippen LogP contribution is 2.28. The van der Waals surface area contributed by atoms with Crippen molar-refractivity contribution in [3.05, 3.63) is 99.6 Å². The van der Waals surface area contributed by atoms with E-state index in [1.807, 2.05) is 56.3 Å². The molecule has 1 aromatic heterocycles. The van der Waals surface area contributed by atoms with Crippen LogP contribution in [0.25, 0.3) is 16.6 Å². The van der Waals surface area contributed by atoms with Crippen LogP contribution in [0.4, 0.5) is 0 Å². The van der Waals surface area contributed by atoms with Gasteiger partial charge in [0.25, 0.3) is 11.5 Å². The number of benzene rings is 3. The summed E-state index contributed by atoms with van der Waals surface area (Å²) in [4.78, 5) is 34.3. The lowest BCUT2D eigenvalue weighted by Crippen LogP contribution is -2.38. The number of rotatable bonds is 9. The fourth-order valence-corrected chi connectivity index (χ4v) is 4.55. The van der Waals surface area contributed by atoms with Gasteiger partial charge >= 0.3 is 0 Å². The predicted molar refractivity (Wildman–Crippen MR) is 149 cm³/mol. The molecule has 1 amide bonds. The highest BCUT2D eigenvalue weighted by Gasteiger charge is 2.28. The van der Waals surface area contributed by atoms with Crippen LogP contribution >= 0.6 is 11.6 Å². The van der Waals surface area contributed by atoms with Crippen molar-refractivity contribution in [3.8, 4) is 11.4 Å². The van der Waals surface area contributed by atoms with Crippen LogP contribution < -0.4 is 10.3 Å². The van der Waals surface area contributed by atoms with Crippen LogP contribution in [0.15, 0.2) is 77.6 Å². The Morgan fingerprint density at radius 1 is 1.00 bits per heavy atom. The number of fused-ring (bicyclic) bond motifs is 1. The zero-order chi connectivity index (χ0) is 26.5. The van der Waals surface area contributed by atoms with Gasteiger partial charge in [-0.1, -0.05) is 49.7 Å². The Labute approximate surface area is 222 Å². The summed E-state index contributed by atoms with van der Waals surface area (Å²) in [6.07, 6.45) is 0.793. The number of carbonyl (C=O) groups excluding carboxylic acids is 1. The number of hydrogen-bond donors (Lipinski definition) is 0. The number of hydrogen-bond acceptors (Lipinski definition) is 4. The van der Waals surface area contributed by atoms with E-state index >= 15 is 0 Å². The second kappa shape index (κ2) is 11.6. The molecule has 0 aliphatic carbocycles. The number of amides is 1. The van der Waals surface area contributed by atoms with Gasteiger partial charge in [0.1, 0.15) is 11.6 Å². The van der Waals surface area contributed by atoms with E-state index in [2.05, 4.69) is 13.8 Å². The first-order valence-electron chi connectivity index (χ1n) is 12.6. The number of para-hydroxylation sites is 1. The summed E-state index contributed by atoms with van der Waals surface area (Å²) in [5, 5.41) is 0.906. The maximum atomic E-state index is 13.8. The Morgan fingerprint density at radius 2 is 1.68 bits per heavy atom. The minimum Gasteiger partial charge on any atom is -0.494 e. The van der Waals surface area contributed by atoms with Gasteiger partial charge in [-0.2, -0.15) is 0 Å². The monoisotopic (exact) mass is 517 g/mol. The van der Waals surface area contributed by atoms with Crippen molar-refractivity contribution in [3.63, 3.8) is 0 Å². The average Bonchev–Trinajstić information content (AvgIpc) is 2.89. The van der Waals surface area contributed by atoms with E-state index in [9.17, 15) is 9.59 Å². The number of halogens is 1. The fraction of sp³-hybridized carbons (Fsp3) is 0.300. The smallest absolute Gasteiger partial charge is 0.266 e. The number of aromatic nitrogens is 2. The van der Waals surface area contributed by atoms with Gasteiger partial charge in [-0.05, 0) is 74.7 Å². The van der Waals surface area contributed by atoms with Gasteiger partial charge < -0.3 is 9.64 Å². The van der Waals surface area contributed by atoms with Crippen LogP contribution in [0.2, 0.25) is 5.02 Å². The second-order valence-electron chi connectivity index (χ2n) is 9.39. The third-order valence-electron chi connectivity index (χ3n) is 6.36. The molecule has 4 rings (SSSR count). The number of ether oxygens (including phenoxy) is 1. The van der Waals surface area contributed by atoms with Crippen molar-refractivity contribution in [2.75, 3.05) is 13.2 Å². The molecule has 1 atom stereocenters. The highest BCUT2D eigenvalue weighted by atomic mass is 35.5. The summed E-state index contributed by atoms with van der Waals surface area (Å²) < 4.78 is 7.19. The normalized spacial score (nSPS) is 12.1. The minimum atomic E-state index is -0.508. The zero-order valence-electron chi connectivity index (χ0n) is 21.6. The predicted octanol–water partition coefficient (Wildman–Crippen LogP) is 6.69. The van der Waals surface area contributed by atoms with Crippen LogP contribution in [-0.4, -0.2) is 33.5 Å². The molecule has 0 aliphatic rings. The van der Waals surface area contributed by atoms with E-state index < -0.39 is 6.04 Å². The molecule has 0 N–H and O–H groups in total. The molecule has 7 heteroatoms. The van der Waals surface area contributed by atoms with E-state index in [-0.39, 0.29) is 11.5 Å². The molecule has 4 aromatic rings. The number of nitrogens with zero attached hydrogens (tertiary/aromatic N) is 3. The summed E-state index contributed by atoms with van der Waals surface area (Å²) in [5.41, 5.74) is 1.48. The molecule has 192 valence electrons. The maximum absolute atomic E-state index is 13.8. The van der Waals surface area contributed by atoms with Crippen molar-refractivity contribution < 1.29 is 9.53 Å². The molecule has 0 aliphatic heterocycles. The third kappa shape index (κ3) is 5.70. The van der Waals surface area contributed by atoms with E-state index in [0.29, 0.717) is 52.1 Å². The van der Waals surface area contributed by atoms with Gasteiger partial charge in [0.05, 0.1) is 39.8 Å². The van der Waals surface area contributed by atoms with Crippen molar-refractivity contribution >= 4 is 28.4 Å². The maximum Gasteiger partial charge on any atom is 0.266 e. The molecule has 0 fully saturated rings. The molecule has 3 aromatic carbocycles. The zero-order valence-corrected chi connectivity index (χ0v) is 22.4. The Bertz CT molecular complexity index is 1450. The van der Waals surface area contributed by atoms with Gasteiger partial charge in [-0.15, -0.1) is 0 Å². The lowest BCUT2D eigenvalue weighted by atomic mass is 10.1. The standard InChI is InChI=1S/C30H32ClN3O3/c1-5-37-23-16-14-22(15-17-23)34-28(32-27-13-9-7-11-25(27)30(34)36)21(4)33(19-18-20(2)3)29(35)24-10-6-8-12-26(24)31/h6-17,20-21H,5,18-19H2,1-4H3. The molecular weight excluding hydrogens is 486 g/mol. The SMILES string of the molecule is CCOc1ccc(-n2c(C(C)N(CCC(C)C)C(=O)c3ccccc3Cl)nc3ccccc3c2=O)cc1. The Hall–Kier alpha value is -3.64. The Kier molecular flexibility index (Phi) is 8.29. The van der Waals surface area contributed by atoms with Crippen LogP contribution in [-0.2, 0) is 0 Å². The number of carbonyl (C=O) groups is 1. The molecule has 1 unspecified atom stereocenters. The molecule has 6 nitrogen and oxygen atoms in total. The third-order valence-corrected chi connectivity index (χ3v) is 6.69. The van der Waals surface area contributed by atoms with Gasteiger partial charge in [0, 0.05) is 6.54 Å². The van der Waals surface area contributed by atoms with Crippen LogP contribution in [0, 0.1) is 5.92 Å². The molecular formula is C30H32ClN3O3. The molecule has 0 bridgehead atoms. The molecule has 0 saturated carbocycles. The van der Waals surface area contributed by atoms with Crippen molar-refractivity contribution in [1.29, 1.82) is 0 Å². The average molecular weight is 518 g/mol. The Morgan fingerprint density at radius 3 is 2.35 bits per heavy atom. The van der Waals surface area contributed by atoms with E-state index in [4.69, 9.17) is 21.3 Å². The molecule has 37 heavy (non-hydrogen) atoms. The summed E-state index contributed by atoms with van der Waals surface area (Å²) >= 11 is 6.42. The first kappa shape index (κ1) is 26.4. The van der Waals surface area contributed by atoms with Gasteiger partial charge in [0.15, 0.2) is 0 Å². The first-order valence-corrected chi connectivity index (χ1v) is 13.0. The Balaban J connectivity index is 1.88. The van der Waals surface area contributed by atoms with Crippen LogP contribution in [0.1, 0.15) is 56.3 Å². The largest absolute Gasteiger partial charge is 0.494 e. The molecule has 0 spiro atoms. The fourth-order valence-electron chi connectivity index (χ4n) is 4.33. The topological polar surface area (TPSA) is 64.4 Å². The van der Waals surface area contributed by atoms with E-state index in [1.54, 1.807) is 39.8 Å². The van der Waals surface area contributed by atoms with Gasteiger partial charge in [0.2, 0.25) is 0 Å². The van der Waals surface area contributed by atoms with Crippen molar-refractivity contribution in [2.24, 2.45) is 5.92 Å². The van der Waals surface area contributed by atoms with E-state index in [0.717, 1.165) is 12.2 Å².